The largest absolute Gasteiger partial charge is 0.376 e. The summed E-state index contributed by atoms with van der Waals surface area (Å²) in [4.78, 5) is 31.8. The molecule has 2 atom stereocenters. The lowest BCUT2D eigenvalue weighted by molar-refractivity contribution is -0.165. The van der Waals surface area contributed by atoms with E-state index in [4.69, 9.17) is 9.47 Å². The molecule has 2 amide bonds. The van der Waals surface area contributed by atoms with E-state index in [1.54, 1.807) is 0 Å². The Labute approximate surface area is 239 Å². The molecular weight excluding hydrogens is 502 g/mol. The van der Waals surface area contributed by atoms with Crippen molar-refractivity contribution in [2.24, 2.45) is 0 Å². The molecule has 0 radical (unpaired) electrons. The quantitative estimate of drug-likeness (QED) is 0.378. The predicted octanol–water partition coefficient (Wildman–Crippen LogP) is 4.35. The van der Waals surface area contributed by atoms with Crippen LogP contribution in [0, 0.1) is 0 Å². The van der Waals surface area contributed by atoms with Crippen LogP contribution in [0.1, 0.15) is 62.5 Å². The summed E-state index contributed by atoms with van der Waals surface area (Å²) in [5.41, 5.74) is 1.68. The molecule has 5 rings (SSSR count). The highest BCUT2D eigenvalue weighted by Gasteiger charge is 2.54. The van der Waals surface area contributed by atoms with Gasteiger partial charge in [0.15, 0.2) is 0 Å². The molecular formula is C33H45N3O4. The maximum Gasteiger partial charge on any atom is 0.248 e. The van der Waals surface area contributed by atoms with E-state index in [1.807, 2.05) is 35.2 Å². The Bertz CT molecular complexity index is 1070. The maximum absolute atomic E-state index is 13.8. The van der Waals surface area contributed by atoms with E-state index in [0.717, 1.165) is 51.1 Å². The van der Waals surface area contributed by atoms with Gasteiger partial charge in [-0.3, -0.25) is 9.59 Å². The number of piperidine rings is 1. The van der Waals surface area contributed by atoms with Crippen molar-refractivity contribution in [3.8, 4) is 0 Å². The minimum atomic E-state index is -0.787. The van der Waals surface area contributed by atoms with Crippen molar-refractivity contribution in [1.82, 2.24) is 15.1 Å². The summed E-state index contributed by atoms with van der Waals surface area (Å²) in [6.07, 6.45) is 9.31. The fraction of sp³-hybridized carbons (Fsp3) is 0.576. The summed E-state index contributed by atoms with van der Waals surface area (Å²) < 4.78 is 11.8. The van der Waals surface area contributed by atoms with Crippen LogP contribution in [0.2, 0.25) is 0 Å². The maximum atomic E-state index is 13.8. The molecule has 3 aliphatic rings. The Balaban J connectivity index is 1.12. The van der Waals surface area contributed by atoms with Crippen LogP contribution in [0.4, 0.5) is 0 Å². The highest BCUT2D eigenvalue weighted by molar-refractivity contribution is 6.00. The van der Waals surface area contributed by atoms with Gasteiger partial charge in [-0.15, -0.1) is 0 Å². The van der Waals surface area contributed by atoms with Crippen molar-refractivity contribution in [2.45, 2.75) is 82.1 Å². The lowest BCUT2D eigenvalue weighted by Crippen LogP contribution is -2.74. The Hall–Kier alpha value is -2.74. The first-order valence-electron chi connectivity index (χ1n) is 15.3. The number of nitrogens with zero attached hydrogens (tertiary/aromatic N) is 2. The number of likely N-dealkylation sites (tertiary alicyclic amines) is 1. The van der Waals surface area contributed by atoms with Crippen LogP contribution in [0.15, 0.2) is 60.7 Å². The fourth-order valence-corrected chi connectivity index (χ4v) is 6.42. The number of nitrogens with one attached hydrogen (secondary N) is 1. The zero-order valence-corrected chi connectivity index (χ0v) is 23.8. The van der Waals surface area contributed by atoms with Crippen LogP contribution < -0.4 is 5.32 Å². The first kappa shape index (κ1) is 28.8. The molecule has 2 unspecified atom stereocenters. The molecule has 0 aliphatic carbocycles. The first-order valence-corrected chi connectivity index (χ1v) is 15.3. The smallest absolute Gasteiger partial charge is 0.248 e. The number of benzene rings is 2. The van der Waals surface area contributed by atoms with E-state index in [-0.39, 0.29) is 24.5 Å². The molecule has 1 spiro atoms. The van der Waals surface area contributed by atoms with Gasteiger partial charge in [-0.2, -0.15) is 0 Å². The van der Waals surface area contributed by atoms with E-state index in [1.165, 1.54) is 31.2 Å². The second kappa shape index (κ2) is 14.2. The number of hydrogen-bond donors (Lipinski definition) is 1. The topological polar surface area (TPSA) is 71.1 Å². The number of unbranched alkanes of at least 4 members (excludes halogenated alkanes) is 3. The normalized spacial score (nSPS) is 23.1. The average Bonchev–Trinajstić information content (AvgIpc) is 3.51. The molecule has 7 heteroatoms. The lowest BCUT2D eigenvalue weighted by Gasteiger charge is -2.52. The number of rotatable bonds is 13. The van der Waals surface area contributed by atoms with Crippen LogP contribution in [-0.2, 0) is 32.1 Å². The van der Waals surface area contributed by atoms with Crippen molar-refractivity contribution >= 4 is 11.8 Å². The van der Waals surface area contributed by atoms with Crippen molar-refractivity contribution in [3.05, 3.63) is 71.8 Å². The molecule has 3 saturated heterocycles. The summed E-state index contributed by atoms with van der Waals surface area (Å²) in [6, 6.07) is 20.0. The minimum Gasteiger partial charge on any atom is -0.376 e. The Morgan fingerprint density at radius 1 is 0.900 bits per heavy atom. The Morgan fingerprint density at radius 2 is 1.60 bits per heavy atom. The molecule has 216 valence electrons. The van der Waals surface area contributed by atoms with Gasteiger partial charge in [-0.1, -0.05) is 73.5 Å². The predicted molar refractivity (Wildman–Crippen MR) is 156 cm³/mol. The van der Waals surface area contributed by atoms with Gasteiger partial charge in [0.05, 0.1) is 19.3 Å². The fourth-order valence-electron chi connectivity index (χ4n) is 6.42. The van der Waals surface area contributed by atoms with Crippen LogP contribution in [0.25, 0.3) is 0 Å². The highest BCUT2D eigenvalue weighted by atomic mass is 16.5. The molecule has 40 heavy (non-hydrogen) atoms. The standard InChI is InChI=1S/C33H45N3O4/c37-31-30(26-39-25-28-15-8-4-9-16-28)34-32(38)33(36(31)24-29-17-11-23-40-29)18-21-35(22-19-33)20-10-2-1-5-12-27-13-6-3-7-14-27/h3-4,6-9,13-16,29-30H,1-2,5,10-12,17-26H2,(H,34,38). The number of ether oxygens (including phenoxy) is 2. The number of carbonyl (C=O) groups is 2. The van der Waals surface area contributed by atoms with Crippen LogP contribution in [-0.4, -0.2) is 78.7 Å². The van der Waals surface area contributed by atoms with Crippen molar-refractivity contribution in [2.75, 3.05) is 39.4 Å². The van der Waals surface area contributed by atoms with Crippen LogP contribution >= 0.6 is 0 Å². The average molecular weight is 548 g/mol. The van der Waals surface area contributed by atoms with Gasteiger partial charge in [0.25, 0.3) is 0 Å². The van der Waals surface area contributed by atoms with Gasteiger partial charge in [0, 0.05) is 26.2 Å². The number of amides is 2. The second-order valence-corrected chi connectivity index (χ2v) is 11.6. The van der Waals surface area contributed by atoms with Gasteiger partial charge in [-0.05, 0) is 62.6 Å². The molecule has 1 N–H and O–H groups in total. The van der Waals surface area contributed by atoms with Crippen molar-refractivity contribution in [3.63, 3.8) is 0 Å². The number of hydrogen-bond acceptors (Lipinski definition) is 5. The Kier molecular flexibility index (Phi) is 10.2. The van der Waals surface area contributed by atoms with Crippen molar-refractivity contribution in [1.29, 1.82) is 0 Å². The highest BCUT2D eigenvalue weighted by Crippen LogP contribution is 2.34. The summed E-state index contributed by atoms with van der Waals surface area (Å²) in [5.74, 6) is -0.0611. The third-order valence-electron chi connectivity index (χ3n) is 8.83. The Morgan fingerprint density at radius 3 is 2.30 bits per heavy atom. The van der Waals surface area contributed by atoms with Gasteiger partial charge in [0.1, 0.15) is 11.6 Å². The molecule has 0 bridgehead atoms. The van der Waals surface area contributed by atoms with Gasteiger partial charge < -0.3 is 24.6 Å². The third-order valence-corrected chi connectivity index (χ3v) is 8.83. The number of piperazine rings is 1. The minimum absolute atomic E-state index is 0.00604. The summed E-state index contributed by atoms with van der Waals surface area (Å²) >= 11 is 0. The summed E-state index contributed by atoms with van der Waals surface area (Å²) in [5, 5.41) is 3.05. The molecule has 0 saturated carbocycles. The van der Waals surface area contributed by atoms with Gasteiger partial charge in [0.2, 0.25) is 11.8 Å². The zero-order chi connectivity index (χ0) is 27.6. The number of carbonyl (C=O) groups excluding carboxylic acids is 2. The lowest BCUT2D eigenvalue weighted by atomic mass is 9.81. The van der Waals surface area contributed by atoms with Gasteiger partial charge in [-0.25, -0.2) is 0 Å². The molecule has 3 fully saturated rings. The molecule has 2 aromatic rings. The molecule has 7 nitrogen and oxygen atoms in total. The van der Waals surface area contributed by atoms with E-state index >= 15 is 0 Å². The zero-order valence-electron chi connectivity index (χ0n) is 23.8. The molecule has 3 aliphatic heterocycles. The SMILES string of the molecule is O=C1C(COCc2ccccc2)NC(=O)C2(CCN(CCCCCCc3ccccc3)CC2)N1CC1CCCO1. The first-order chi connectivity index (χ1) is 19.6. The van der Waals surface area contributed by atoms with E-state index in [2.05, 4.69) is 40.5 Å². The monoisotopic (exact) mass is 547 g/mol. The van der Waals surface area contributed by atoms with E-state index in [0.29, 0.717) is 26.0 Å². The van der Waals surface area contributed by atoms with E-state index in [9.17, 15) is 9.59 Å². The summed E-state index contributed by atoms with van der Waals surface area (Å²) in [6.45, 7) is 4.53. The molecule has 2 aromatic carbocycles. The molecule has 3 heterocycles. The van der Waals surface area contributed by atoms with Crippen molar-refractivity contribution < 1.29 is 19.1 Å². The van der Waals surface area contributed by atoms with Crippen LogP contribution in [0.5, 0.6) is 0 Å². The summed E-state index contributed by atoms with van der Waals surface area (Å²) in [7, 11) is 0. The van der Waals surface area contributed by atoms with E-state index < -0.39 is 11.6 Å². The number of aryl methyl sites for hydroxylation is 1. The molecule has 0 aromatic heterocycles. The third kappa shape index (κ3) is 7.31. The van der Waals surface area contributed by atoms with Gasteiger partial charge >= 0.3 is 0 Å². The second-order valence-electron chi connectivity index (χ2n) is 11.6. The van der Waals surface area contributed by atoms with Crippen LogP contribution in [0.3, 0.4) is 0 Å².